The molecule has 1 aliphatic rings. The summed E-state index contributed by atoms with van der Waals surface area (Å²) in [6.45, 7) is 2.62. The third-order valence-corrected chi connectivity index (χ3v) is 4.71. The van der Waals surface area contributed by atoms with E-state index < -0.39 is 0 Å². The number of aryl methyl sites for hydroxylation is 1. The Bertz CT molecular complexity index is 813. The Morgan fingerprint density at radius 3 is 2.48 bits per heavy atom. The summed E-state index contributed by atoms with van der Waals surface area (Å²) >= 11 is 5.92. The molecule has 9 heteroatoms. The average Bonchev–Trinajstić information content (AvgIpc) is 3.07. The van der Waals surface area contributed by atoms with Crippen LogP contribution >= 0.6 is 11.6 Å². The number of piperazine rings is 1. The fourth-order valence-corrected chi connectivity index (χ4v) is 3.13. The molecule has 1 saturated heterocycles. The molecule has 0 atom stereocenters. The van der Waals surface area contributed by atoms with E-state index in [0.29, 0.717) is 23.7 Å². The van der Waals surface area contributed by atoms with E-state index in [1.54, 1.807) is 18.1 Å². The van der Waals surface area contributed by atoms with Crippen LogP contribution in [0.5, 0.6) is 5.88 Å². The van der Waals surface area contributed by atoms with Crippen LogP contribution in [-0.4, -0.2) is 66.3 Å². The van der Waals surface area contributed by atoms with E-state index in [1.165, 1.54) is 11.8 Å². The van der Waals surface area contributed by atoms with E-state index in [1.807, 2.05) is 24.3 Å². The Kier molecular flexibility index (Phi) is 5.85. The smallest absolute Gasteiger partial charge is 0.258 e. The lowest BCUT2D eigenvalue weighted by atomic mass is 10.2. The summed E-state index contributed by atoms with van der Waals surface area (Å²) in [6.07, 6.45) is 1.56. The van der Waals surface area contributed by atoms with Crippen molar-refractivity contribution in [3.05, 3.63) is 41.0 Å². The first-order chi connectivity index (χ1) is 13.0. The third kappa shape index (κ3) is 4.51. The van der Waals surface area contributed by atoms with Gasteiger partial charge in [0.2, 0.25) is 11.8 Å². The molecule has 0 spiro atoms. The molecule has 0 unspecified atom stereocenters. The summed E-state index contributed by atoms with van der Waals surface area (Å²) in [4.78, 5) is 28.6. The number of benzene rings is 1. The molecule has 1 aliphatic heterocycles. The molecule has 144 valence electrons. The summed E-state index contributed by atoms with van der Waals surface area (Å²) in [7, 11) is 3.15. The van der Waals surface area contributed by atoms with Crippen LogP contribution in [-0.2, 0) is 11.8 Å². The highest BCUT2D eigenvalue weighted by Gasteiger charge is 2.23. The molecule has 3 rings (SSSR count). The highest BCUT2D eigenvalue weighted by atomic mass is 35.5. The van der Waals surface area contributed by atoms with Gasteiger partial charge in [-0.25, -0.2) is 0 Å². The summed E-state index contributed by atoms with van der Waals surface area (Å²) in [6, 6.07) is 7.66. The number of nitrogens with one attached hydrogen (secondary N) is 1. The van der Waals surface area contributed by atoms with Crippen molar-refractivity contribution in [1.82, 2.24) is 20.0 Å². The summed E-state index contributed by atoms with van der Waals surface area (Å²) < 4.78 is 6.56. The van der Waals surface area contributed by atoms with E-state index in [4.69, 9.17) is 16.3 Å². The number of ether oxygens (including phenoxy) is 1. The van der Waals surface area contributed by atoms with Crippen molar-refractivity contribution in [2.75, 3.05) is 44.7 Å². The van der Waals surface area contributed by atoms with Crippen LogP contribution in [0.2, 0.25) is 5.02 Å². The zero-order valence-corrected chi connectivity index (χ0v) is 16.1. The number of hydrogen-bond donors (Lipinski definition) is 1. The molecule has 0 aliphatic carbocycles. The Labute approximate surface area is 162 Å². The molecular weight excluding hydrogens is 370 g/mol. The number of rotatable bonds is 5. The number of amides is 2. The molecule has 27 heavy (non-hydrogen) atoms. The van der Waals surface area contributed by atoms with Crippen LogP contribution in [0.3, 0.4) is 0 Å². The molecule has 0 bridgehead atoms. The molecule has 2 amide bonds. The quantitative estimate of drug-likeness (QED) is 0.827. The zero-order chi connectivity index (χ0) is 19.4. The molecule has 0 radical (unpaired) electrons. The van der Waals surface area contributed by atoms with Gasteiger partial charge in [0, 0.05) is 50.1 Å². The molecular formula is C18H22ClN5O3. The second kappa shape index (κ2) is 8.30. The van der Waals surface area contributed by atoms with Gasteiger partial charge in [-0.05, 0) is 24.3 Å². The number of anilines is 1. The molecule has 0 saturated carbocycles. The number of carbonyl (C=O) groups excluding carboxylic acids is 2. The third-order valence-electron chi connectivity index (χ3n) is 4.46. The van der Waals surface area contributed by atoms with Crippen molar-refractivity contribution in [1.29, 1.82) is 0 Å². The molecule has 8 nitrogen and oxygen atoms in total. The fourth-order valence-electron chi connectivity index (χ4n) is 3.00. The van der Waals surface area contributed by atoms with Gasteiger partial charge in [-0.3, -0.25) is 14.3 Å². The maximum absolute atomic E-state index is 12.4. The minimum Gasteiger partial charge on any atom is -0.479 e. The van der Waals surface area contributed by atoms with Gasteiger partial charge in [-0.15, -0.1) is 5.10 Å². The van der Waals surface area contributed by atoms with E-state index >= 15 is 0 Å². The van der Waals surface area contributed by atoms with E-state index in [9.17, 15) is 9.59 Å². The normalized spacial score (nSPS) is 14.2. The van der Waals surface area contributed by atoms with Gasteiger partial charge in [0.15, 0.2) is 0 Å². The predicted molar refractivity (Wildman–Crippen MR) is 102 cm³/mol. The van der Waals surface area contributed by atoms with Gasteiger partial charge < -0.3 is 19.9 Å². The van der Waals surface area contributed by atoms with Gasteiger partial charge in [0.1, 0.15) is 5.56 Å². The summed E-state index contributed by atoms with van der Waals surface area (Å²) in [5.41, 5.74) is 1.39. The molecule has 2 heterocycles. The van der Waals surface area contributed by atoms with Gasteiger partial charge in [-0.1, -0.05) is 11.6 Å². The summed E-state index contributed by atoms with van der Waals surface area (Å²) in [5, 5.41) is 7.38. The maximum Gasteiger partial charge on any atom is 0.258 e. The van der Waals surface area contributed by atoms with Crippen LogP contribution in [0.25, 0.3) is 0 Å². The van der Waals surface area contributed by atoms with Gasteiger partial charge in [-0.2, -0.15) is 0 Å². The van der Waals surface area contributed by atoms with Crippen molar-refractivity contribution in [2.45, 2.75) is 0 Å². The van der Waals surface area contributed by atoms with Crippen LogP contribution in [0.4, 0.5) is 5.69 Å². The van der Waals surface area contributed by atoms with Crippen LogP contribution in [0, 0.1) is 0 Å². The number of nitrogens with zero attached hydrogens (tertiary/aromatic N) is 4. The second-order valence-electron chi connectivity index (χ2n) is 6.25. The largest absolute Gasteiger partial charge is 0.479 e. The lowest BCUT2D eigenvalue weighted by Gasteiger charge is -2.36. The van der Waals surface area contributed by atoms with Crippen molar-refractivity contribution in [3.63, 3.8) is 0 Å². The Morgan fingerprint density at radius 2 is 1.85 bits per heavy atom. The van der Waals surface area contributed by atoms with Crippen molar-refractivity contribution in [2.24, 2.45) is 7.05 Å². The van der Waals surface area contributed by atoms with E-state index in [0.717, 1.165) is 18.8 Å². The highest BCUT2D eigenvalue weighted by Crippen LogP contribution is 2.19. The fraction of sp³-hybridized carbons (Fsp3) is 0.389. The lowest BCUT2D eigenvalue weighted by molar-refractivity contribution is -0.130. The van der Waals surface area contributed by atoms with E-state index in [-0.39, 0.29) is 24.2 Å². The minimum absolute atomic E-state index is 0.0577. The first kappa shape index (κ1) is 19.0. The lowest BCUT2D eigenvalue weighted by Crippen LogP contribution is -2.51. The molecule has 1 aromatic heterocycles. The Morgan fingerprint density at radius 1 is 1.19 bits per heavy atom. The van der Waals surface area contributed by atoms with Gasteiger partial charge in [0.25, 0.3) is 5.91 Å². The number of hydrogen-bond acceptors (Lipinski definition) is 5. The first-order valence-corrected chi connectivity index (χ1v) is 9.00. The number of aromatic nitrogens is 2. The van der Waals surface area contributed by atoms with Crippen molar-refractivity contribution >= 4 is 29.1 Å². The zero-order valence-electron chi connectivity index (χ0n) is 15.3. The van der Waals surface area contributed by atoms with Crippen molar-refractivity contribution in [3.8, 4) is 5.88 Å². The van der Waals surface area contributed by atoms with Crippen molar-refractivity contribution < 1.29 is 14.3 Å². The molecule has 1 fully saturated rings. The topological polar surface area (TPSA) is 79.7 Å². The van der Waals surface area contributed by atoms with Gasteiger partial charge in [0.05, 0.1) is 13.7 Å². The maximum atomic E-state index is 12.4. The SMILES string of the molecule is COc1nn(C)cc1C(=O)NCC(=O)N1CCN(c2ccc(Cl)cc2)CC1. The molecule has 1 aromatic carbocycles. The second-order valence-corrected chi connectivity index (χ2v) is 6.69. The highest BCUT2D eigenvalue weighted by molar-refractivity contribution is 6.30. The standard InChI is InChI=1S/C18H22ClN5O3/c1-22-12-15(18(21-22)27-2)17(26)20-11-16(25)24-9-7-23(8-10-24)14-5-3-13(19)4-6-14/h3-6,12H,7-11H2,1-2H3,(H,20,26). The number of methoxy groups -OCH3 is 1. The van der Waals surface area contributed by atoms with Crippen LogP contribution < -0.4 is 15.0 Å². The number of halogens is 1. The van der Waals surface area contributed by atoms with Gasteiger partial charge >= 0.3 is 0 Å². The summed E-state index contributed by atoms with van der Waals surface area (Å²) in [5.74, 6) is -0.255. The van der Waals surface area contributed by atoms with Crippen LogP contribution in [0.1, 0.15) is 10.4 Å². The molecule has 2 aromatic rings. The Hall–Kier alpha value is -2.74. The number of carbonyl (C=O) groups is 2. The predicted octanol–water partition coefficient (Wildman–Crippen LogP) is 1.16. The van der Waals surface area contributed by atoms with Crippen LogP contribution in [0.15, 0.2) is 30.5 Å². The average molecular weight is 392 g/mol. The molecule has 1 N–H and O–H groups in total. The monoisotopic (exact) mass is 391 g/mol. The first-order valence-electron chi connectivity index (χ1n) is 8.62. The minimum atomic E-state index is -0.381. The van der Waals surface area contributed by atoms with E-state index in [2.05, 4.69) is 15.3 Å². The Balaban J connectivity index is 1.49.